The average molecular weight is 289 g/mol. The van der Waals surface area contributed by atoms with Crippen LogP contribution in [0.3, 0.4) is 0 Å². The second kappa shape index (κ2) is 7.48. The van der Waals surface area contributed by atoms with Crippen LogP contribution in [0.4, 0.5) is 5.69 Å². The molecule has 0 bridgehead atoms. The topological polar surface area (TPSA) is 40.5 Å². The molecule has 0 spiro atoms. The van der Waals surface area contributed by atoms with Gasteiger partial charge in [-0.25, -0.2) is 0 Å². The lowest BCUT2D eigenvalue weighted by molar-refractivity contribution is -0.136. The molecule has 1 saturated carbocycles. The average Bonchev–Trinajstić information content (AvgIpc) is 2.49. The Labute approximate surface area is 128 Å². The number of aliphatic carboxylic acids is 1. The van der Waals surface area contributed by atoms with E-state index in [0.717, 1.165) is 0 Å². The minimum Gasteiger partial charge on any atom is -0.481 e. The van der Waals surface area contributed by atoms with E-state index in [2.05, 4.69) is 36.9 Å². The molecule has 3 heteroatoms. The Bertz CT molecular complexity index is 472. The van der Waals surface area contributed by atoms with Crippen molar-refractivity contribution in [1.82, 2.24) is 0 Å². The first-order chi connectivity index (χ1) is 10.1. The van der Waals surface area contributed by atoms with Crippen LogP contribution in [-0.2, 0) is 4.79 Å². The van der Waals surface area contributed by atoms with Crippen molar-refractivity contribution in [2.45, 2.75) is 58.4 Å². The molecule has 21 heavy (non-hydrogen) atoms. The highest BCUT2D eigenvalue weighted by Crippen LogP contribution is 2.34. The van der Waals surface area contributed by atoms with Crippen LogP contribution >= 0.6 is 0 Å². The first-order valence-corrected chi connectivity index (χ1v) is 8.17. The maximum Gasteiger partial charge on any atom is 0.305 e. The SMILES string of the molecule is CCC1CCCCC1N(CCC(=O)O)c1ccccc1C. The zero-order chi connectivity index (χ0) is 15.2. The highest BCUT2D eigenvalue weighted by atomic mass is 16.4. The molecule has 1 aliphatic rings. The van der Waals surface area contributed by atoms with Gasteiger partial charge in [0.15, 0.2) is 0 Å². The first kappa shape index (κ1) is 15.9. The monoisotopic (exact) mass is 289 g/mol. The third-order valence-electron chi connectivity index (χ3n) is 4.79. The number of hydrogen-bond acceptors (Lipinski definition) is 2. The second-order valence-electron chi connectivity index (χ2n) is 6.14. The Balaban J connectivity index is 2.26. The van der Waals surface area contributed by atoms with Crippen molar-refractivity contribution in [3.8, 4) is 0 Å². The number of aryl methyl sites for hydroxylation is 1. The molecule has 1 aromatic carbocycles. The number of rotatable bonds is 6. The van der Waals surface area contributed by atoms with E-state index < -0.39 is 5.97 Å². The summed E-state index contributed by atoms with van der Waals surface area (Å²) in [6.07, 6.45) is 6.43. The highest BCUT2D eigenvalue weighted by Gasteiger charge is 2.29. The van der Waals surface area contributed by atoms with E-state index in [1.165, 1.54) is 43.4 Å². The molecule has 2 unspecified atom stereocenters. The lowest BCUT2D eigenvalue weighted by Crippen LogP contribution is -2.44. The number of carboxylic acids is 1. The molecule has 3 nitrogen and oxygen atoms in total. The molecule has 1 fully saturated rings. The zero-order valence-corrected chi connectivity index (χ0v) is 13.2. The fourth-order valence-electron chi connectivity index (χ4n) is 3.64. The number of hydrogen-bond donors (Lipinski definition) is 1. The van der Waals surface area contributed by atoms with E-state index in [1.807, 2.05) is 6.07 Å². The molecule has 0 amide bonds. The Kier molecular flexibility index (Phi) is 5.66. The summed E-state index contributed by atoms with van der Waals surface area (Å²) in [5.41, 5.74) is 2.45. The fourth-order valence-corrected chi connectivity index (χ4v) is 3.64. The van der Waals surface area contributed by atoms with Gasteiger partial charge in [-0.05, 0) is 37.3 Å². The largest absolute Gasteiger partial charge is 0.481 e. The third kappa shape index (κ3) is 3.99. The standard InChI is InChI=1S/C18H27NO2/c1-3-15-9-5-7-11-17(15)19(13-12-18(20)21)16-10-6-4-8-14(16)2/h4,6,8,10,15,17H,3,5,7,9,11-13H2,1-2H3,(H,20,21). The summed E-state index contributed by atoms with van der Waals surface area (Å²) >= 11 is 0. The van der Waals surface area contributed by atoms with E-state index in [9.17, 15) is 4.79 Å². The molecular formula is C18H27NO2. The Morgan fingerprint density at radius 1 is 1.29 bits per heavy atom. The maximum absolute atomic E-state index is 11.0. The van der Waals surface area contributed by atoms with E-state index >= 15 is 0 Å². The number of para-hydroxylation sites is 1. The van der Waals surface area contributed by atoms with Crippen molar-refractivity contribution in [3.63, 3.8) is 0 Å². The molecule has 0 radical (unpaired) electrons. The van der Waals surface area contributed by atoms with Crippen LogP contribution in [0.2, 0.25) is 0 Å². The number of anilines is 1. The molecule has 0 aliphatic heterocycles. The molecular weight excluding hydrogens is 262 g/mol. The number of carboxylic acid groups (broad SMARTS) is 1. The number of carbonyl (C=O) groups is 1. The van der Waals surface area contributed by atoms with Gasteiger partial charge in [0.2, 0.25) is 0 Å². The second-order valence-corrected chi connectivity index (χ2v) is 6.14. The van der Waals surface area contributed by atoms with Crippen LogP contribution in [0, 0.1) is 12.8 Å². The highest BCUT2D eigenvalue weighted by molar-refractivity contribution is 5.68. The van der Waals surface area contributed by atoms with Crippen LogP contribution in [0.1, 0.15) is 51.0 Å². The molecule has 116 valence electrons. The van der Waals surface area contributed by atoms with Crippen molar-refractivity contribution < 1.29 is 9.90 Å². The van der Waals surface area contributed by atoms with Gasteiger partial charge in [0.1, 0.15) is 0 Å². The first-order valence-electron chi connectivity index (χ1n) is 8.17. The smallest absolute Gasteiger partial charge is 0.305 e. The maximum atomic E-state index is 11.0. The third-order valence-corrected chi connectivity index (χ3v) is 4.79. The summed E-state index contributed by atoms with van der Waals surface area (Å²) in [7, 11) is 0. The van der Waals surface area contributed by atoms with Gasteiger partial charge in [-0.1, -0.05) is 44.4 Å². The van der Waals surface area contributed by atoms with Crippen molar-refractivity contribution in [3.05, 3.63) is 29.8 Å². The van der Waals surface area contributed by atoms with Gasteiger partial charge in [0, 0.05) is 18.3 Å². The molecule has 1 aliphatic carbocycles. The predicted octanol–water partition coefficient (Wildman–Crippen LogP) is 4.24. The van der Waals surface area contributed by atoms with Gasteiger partial charge in [-0.15, -0.1) is 0 Å². The normalized spacial score (nSPS) is 22.0. The zero-order valence-electron chi connectivity index (χ0n) is 13.2. The van der Waals surface area contributed by atoms with Crippen molar-refractivity contribution in [1.29, 1.82) is 0 Å². The quantitative estimate of drug-likeness (QED) is 0.851. The van der Waals surface area contributed by atoms with Crippen LogP contribution in [0.15, 0.2) is 24.3 Å². The Morgan fingerprint density at radius 2 is 2.00 bits per heavy atom. The van der Waals surface area contributed by atoms with Crippen molar-refractivity contribution in [2.75, 3.05) is 11.4 Å². The van der Waals surface area contributed by atoms with Crippen LogP contribution in [-0.4, -0.2) is 23.7 Å². The van der Waals surface area contributed by atoms with Gasteiger partial charge in [0.25, 0.3) is 0 Å². The van der Waals surface area contributed by atoms with Gasteiger partial charge in [-0.3, -0.25) is 4.79 Å². The van der Waals surface area contributed by atoms with Crippen LogP contribution < -0.4 is 4.90 Å². The molecule has 1 N–H and O–H groups in total. The minimum atomic E-state index is -0.711. The van der Waals surface area contributed by atoms with Crippen LogP contribution in [0.5, 0.6) is 0 Å². The van der Waals surface area contributed by atoms with E-state index in [1.54, 1.807) is 0 Å². The van der Waals surface area contributed by atoms with Crippen molar-refractivity contribution >= 4 is 11.7 Å². The number of benzene rings is 1. The summed E-state index contributed by atoms with van der Waals surface area (Å²) in [5.74, 6) is -0.0235. The number of nitrogens with zero attached hydrogens (tertiary/aromatic N) is 1. The Morgan fingerprint density at radius 3 is 2.67 bits per heavy atom. The summed E-state index contributed by atoms with van der Waals surface area (Å²) in [5, 5.41) is 9.07. The predicted molar refractivity (Wildman–Crippen MR) is 86.8 cm³/mol. The molecule has 0 heterocycles. The summed E-state index contributed by atoms with van der Waals surface area (Å²) < 4.78 is 0. The summed E-state index contributed by atoms with van der Waals surface area (Å²) in [6.45, 7) is 4.99. The van der Waals surface area contributed by atoms with Gasteiger partial charge in [-0.2, -0.15) is 0 Å². The summed E-state index contributed by atoms with van der Waals surface area (Å²) in [4.78, 5) is 13.4. The van der Waals surface area contributed by atoms with E-state index in [-0.39, 0.29) is 6.42 Å². The van der Waals surface area contributed by atoms with Crippen LogP contribution in [0.25, 0.3) is 0 Å². The molecule has 2 rings (SSSR count). The van der Waals surface area contributed by atoms with Gasteiger partial charge >= 0.3 is 5.97 Å². The molecule has 0 aromatic heterocycles. The van der Waals surface area contributed by atoms with Gasteiger partial charge < -0.3 is 10.0 Å². The molecule has 2 atom stereocenters. The van der Waals surface area contributed by atoms with E-state index in [4.69, 9.17) is 5.11 Å². The van der Waals surface area contributed by atoms with Gasteiger partial charge in [0.05, 0.1) is 6.42 Å². The summed E-state index contributed by atoms with van der Waals surface area (Å²) in [6, 6.07) is 8.85. The lowest BCUT2D eigenvalue weighted by Gasteiger charge is -2.41. The van der Waals surface area contributed by atoms with Crippen molar-refractivity contribution in [2.24, 2.45) is 5.92 Å². The Hall–Kier alpha value is -1.51. The lowest BCUT2D eigenvalue weighted by atomic mass is 9.81. The van der Waals surface area contributed by atoms with E-state index in [0.29, 0.717) is 18.5 Å². The fraction of sp³-hybridized carbons (Fsp3) is 0.611. The molecule has 1 aromatic rings. The minimum absolute atomic E-state index is 0.210. The molecule has 0 saturated heterocycles.